The van der Waals surface area contributed by atoms with Crippen LogP contribution < -0.4 is 10.6 Å². The molecule has 0 saturated carbocycles. The Labute approximate surface area is 182 Å². The van der Waals surface area contributed by atoms with Gasteiger partial charge in [0, 0.05) is 25.0 Å². The molecule has 0 bridgehead atoms. The van der Waals surface area contributed by atoms with Crippen LogP contribution in [0.3, 0.4) is 0 Å². The van der Waals surface area contributed by atoms with Crippen molar-refractivity contribution in [3.05, 3.63) is 59.9 Å². The van der Waals surface area contributed by atoms with E-state index >= 15 is 0 Å². The number of carboxylic acid groups (broad SMARTS) is 1. The van der Waals surface area contributed by atoms with Crippen molar-refractivity contribution in [3.63, 3.8) is 0 Å². The molecule has 0 saturated heterocycles. The van der Waals surface area contributed by atoms with Gasteiger partial charge in [0.1, 0.15) is 4.08 Å². The highest BCUT2D eigenvalue weighted by Crippen LogP contribution is 2.34. The Morgan fingerprint density at radius 1 is 0.966 bits per heavy atom. The van der Waals surface area contributed by atoms with Gasteiger partial charge < -0.3 is 15.7 Å². The van der Waals surface area contributed by atoms with E-state index in [1.165, 1.54) is 0 Å². The zero-order valence-corrected chi connectivity index (χ0v) is 18.0. The topological polar surface area (TPSA) is 91.3 Å². The summed E-state index contributed by atoms with van der Waals surface area (Å²) in [6.45, 7) is 1.32. The van der Waals surface area contributed by atoms with Crippen LogP contribution in [0.4, 0.5) is 5.69 Å². The van der Waals surface area contributed by atoms with E-state index in [-0.39, 0.29) is 17.9 Å². The molecule has 1 aromatic carbocycles. The van der Waals surface area contributed by atoms with Crippen LogP contribution in [0.5, 0.6) is 0 Å². The van der Waals surface area contributed by atoms with E-state index in [1.54, 1.807) is 30.5 Å². The number of nitrogens with zero attached hydrogens (tertiary/aromatic N) is 1. The summed E-state index contributed by atoms with van der Waals surface area (Å²) >= 11 is 8.93. The van der Waals surface area contributed by atoms with E-state index in [0.717, 1.165) is 25.7 Å². The molecule has 2 aromatic rings. The summed E-state index contributed by atoms with van der Waals surface area (Å²) in [6, 6.07) is 12.3. The van der Waals surface area contributed by atoms with Crippen LogP contribution in [0.2, 0.25) is 0 Å². The van der Waals surface area contributed by atoms with E-state index < -0.39 is 10.0 Å². The Morgan fingerprint density at radius 3 is 2.34 bits per heavy atom. The molecule has 0 atom stereocenters. The number of carboxylic acids is 1. The lowest BCUT2D eigenvalue weighted by Gasteiger charge is -2.21. The minimum atomic E-state index is -0.932. The van der Waals surface area contributed by atoms with Crippen molar-refractivity contribution in [2.24, 2.45) is 0 Å². The molecule has 0 aliphatic carbocycles. The molecule has 0 fully saturated rings. The number of pyridine rings is 1. The largest absolute Gasteiger partial charge is 0.478 e. The maximum atomic E-state index is 12.1. The smallest absolute Gasteiger partial charge is 0.337 e. The highest BCUT2D eigenvalue weighted by atomic mass is 32.2. The van der Waals surface area contributed by atoms with Crippen molar-refractivity contribution in [3.8, 4) is 0 Å². The first-order chi connectivity index (χ1) is 13.9. The van der Waals surface area contributed by atoms with Gasteiger partial charge in [-0.1, -0.05) is 31.0 Å². The van der Waals surface area contributed by atoms with Crippen LogP contribution in [-0.2, 0) is 8.87 Å². The molecule has 3 N–H and O–H groups in total. The summed E-state index contributed by atoms with van der Waals surface area (Å²) in [5.74, 6) is -1.04. The number of rotatable bonds is 12. The van der Waals surface area contributed by atoms with Gasteiger partial charge >= 0.3 is 5.97 Å². The molecule has 156 valence electrons. The molecule has 1 heterocycles. The van der Waals surface area contributed by atoms with Crippen LogP contribution >= 0.6 is 25.3 Å². The van der Waals surface area contributed by atoms with Gasteiger partial charge in [-0.3, -0.25) is 9.78 Å². The van der Waals surface area contributed by atoms with Crippen LogP contribution in [-0.4, -0.2) is 35.1 Å². The third kappa shape index (κ3) is 7.98. The van der Waals surface area contributed by atoms with Crippen LogP contribution in [0.15, 0.2) is 48.7 Å². The number of amides is 1. The molecule has 2 rings (SSSR count). The molecule has 29 heavy (non-hydrogen) atoms. The van der Waals surface area contributed by atoms with E-state index in [9.17, 15) is 9.59 Å². The zero-order chi connectivity index (χ0) is 21.1. The predicted octanol–water partition coefficient (Wildman–Crippen LogP) is 3.97. The molecular formula is C21H27N3O3S2. The SMILES string of the molecule is O=C(CC(S)(S)c1ccccn1)NCCCCCCNc1ccccc1C(=O)O. The highest BCUT2D eigenvalue weighted by Gasteiger charge is 2.27. The van der Waals surface area contributed by atoms with E-state index in [2.05, 4.69) is 40.9 Å². The standard InChI is InChI=1S/C21H27N3O3S2/c25-19(15-21(28,29)18-11-5-8-13-23-18)24-14-7-2-1-6-12-22-17-10-4-3-9-16(17)20(26)27/h3-5,8-11,13,22,28-29H,1-2,6-7,12,14-15H2,(H,24,25)(H,26,27). The Bertz CT molecular complexity index is 801. The normalized spacial score (nSPS) is 11.1. The minimum absolute atomic E-state index is 0.104. The zero-order valence-electron chi connectivity index (χ0n) is 16.2. The van der Waals surface area contributed by atoms with Gasteiger partial charge in [-0.05, 0) is 37.1 Å². The number of thiol groups is 2. The van der Waals surface area contributed by atoms with Crippen LogP contribution in [0.25, 0.3) is 0 Å². The Balaban J connectivity index is 1.57. The second-order valence-corrected chi connectivity index (χ2v) is 8.63. The van der Waals surface area contributed by atoms with Gasteiger partial charge in [-0.15, -0.1) is 0 Å². The highest BCUT2D eigenvalue weighted by molar-refractivity contribution is 7.99. The number of carbonyl (C=O) groups is 2. The summed E-state index contributed by atoms with van der Waals surface area (Å²) in [7, 11) is 0. The Hall–Kier alpha value is -2.19. The molecular weight excluding hydrogens is 406 g/mol. The second kappa shape index (κ2) is 11.7. The number of hydrogen-bond donors (Lipinski definition) is 5. The lowest BCUT2D eigenvalue weighted by Crippen LogP contribution is -2.29. The summed E-state index contributed by atoms with van der Waals surface area (Å²) < 4.78 is -0.900. The number of unbranched alkanes of at least 4 members (excludes halogenated alkanes) is 3. The van der Waals surface area contributed by atoms with Gasteiger partial charge in [-0.2, -0.15) is 25.3 Å². The number of aromatic nitrogens is 1. The summed E-state index contributed by atoms with van der Waals surface area (Å²) in [6.07, 6.45) is 5.59. The van der Waals surface area contributed by atoms with E-state index in [0.29, 0.717) is 24.5 Å². The Kier molecular flexibility index (Phi) is 9.34. The average molecular weight is 434 g/mol. The number of carbonyl (C=O) groups excluding carboxylic acids is 1. The lowest BCUT2D eigenvalue weighted by molar-refractivity contribution is -0.121. The number of hydrogen-bond acceptors (Lipinski definition) is 6. The van der Waals surface area contributed by atoms with Crippen molar-refractivity contribution in [2.45, 2.75) is 36.2 Å². The molecule has 1 amide bonds. The fraction of sp³-hybridized carbons (Fsp3) is 0.381. The maximum absolute atomic E-state index is 12.1. The van der Waals surface area contributed by atoms with Crippen molar-refractivity contribution >= 4 is 42.8 Å². The number of aromatic carboxylic acids is 1. The fourth-order valence-electron chi connectivity index (χ4n) is 2.85. The Morgan fingerprint density at radius 2 is 1.66 bits per heavy atom. The second-order valence-electron chi connectivity index (χ2n) is 6.75. The van der Waals surface area contributed by atoms with E-state index in [4.69, 9.17) is 5.11 Å². The monoisotopic (exact) mass is 433 g/mol. The third-order valence-electron chi connectivity index (χ3n) is 4.38. The molecule has 0 spiro atoms. The van der Waals surface area contributed by atoms with Gasteiger partial charge in [0.05, 0.1) is 17.7 Å². The van der Waals surface area contributed by atoms with E-state index in [1.807, 2.05) is 18.2 Å². The molecule has 0 aliphatic heterocycles. The number of nitrogens with one attached hydrogen (secondary N) is 2. The molecule has 0 unspecified atom stereocenters. The maximum Gasteiger partial charge on any atom is 0.337 e. The van der Waals surface area contributed by atoms with Crippen molar-refractivity contribution in [1.29, 1.82) is 0 Å². The first-order valence-corrected chi connectivity index (χ1v) is 10.5. The first-order valence-electron chi connectivity index (χ1n) is 9.59. The van der Waals surface area contributed by atoms with Crippen LogP contribution in [0.1, 0.15) is 48.2 Å². The number of para-hydroxylation sites is 1. The van der Waals surface area contributed by atoms with Gasteiger partial charge in [-0.25, -0.2) is 4.79 Å². The van der Waals surface area contributed by atoms with Gasteiger partial charge in [0.25, 0.3) is 0 Å². The third-order valence-corrected chi connectivity index (χ3v) is 5.16. The summed E-state index contributed by atoms with van der Waals surface area (Å²) in [5.41, 5.74) is 1.58. The molecule has 8 heteroatoms. The predicted molar refractivity (Wildman–Crippen MR) is 122 cm³/mol. The lowest BCUT2D eigenvalue weighted by atomic mass is 10.1. The van der Waals surface area contributed by atoms with Crippen LogP contribution in [0, 0.1) is 0 Å². The molecule has 0 aliphatic rings. The van der Waals surface area contributed by atoms with Crippen molar-refractivity contribution in [2.75, 3.05) is 18.4 Å². The number of anilines is 1. The molecule has 6 nitrogen and oxygen atoms in total. The number of benzene rings is 1. The van der Waals surface area contributed by atoms with Crippen molar-refractivity contribution in [1.82, 2.24) is 10.3 Å². The van der Waals surface area contributed by atoms with Crippen molar-refractivity contribution < 1.29 is 14.7 Å². The summed E-state index contributed by atoms with van der Waals surface area (Å²) in [5, 5.41) is 15.2. The average Bonchev–Trinajstić information content (AvgIpc) is 2.70. The van der Waals surface area contributed by atoms with Gasteiger partial charge in [0.2, 0.25) is 5.91 Å². The molecule has 1 aromatic heterocycles. The molecule has 0 radical (unpaired) electrons. The minimum Gasteiger partial charge on any atom is -0.478 e. The van der Waals surface area contributed by atoms with Gasteiger partial charge in [0.15, 0.2) is 0 Å². The summed E-state index contributed by atoms with van der Waals surface area (Å²) in [4.78, 5) is 27.5. The quantitative estimate of drug-likeness (QED) is 0.198. The fourth-order valence-corrected chi connectivity index (χ4v) is 3.41. The first kappa shape index (κ1) is 23.1.